The maximum atomic E-state index is 12.9. The molecule has 0 aliphatic carbocycles. The third-order valence-electron chi connectivity index (χ3n) is 2.58. The molecule has 0 aliphatic heterocycles. The van der Waals surface area contributed by atoms with Crippen LogP contribution in [-0.4, -0.2) is 23.1 Å². The van der Waals surface area contributed by atoms with Gasteiger partial charge in [-0.25, -0.2) is 9.59 Å². The van der Waals surface area contributed by atoms with E-state index < -0.39 is 40.4 Å². The maximum absolute atomic E-state index is 12.9. The number of hydrogen-bond acceptors (Lipinski definition) is 4. The maximum Gasteiger partial charge on any atom is 0.416 e. The number of halogens is 3. The molecule has 4 nitrogen and oxygen atoms in total. The molecule has 0 aromatic heterocycles. The number of alkyl halides is 3. The molecule has 1 aromatic carbocycles. The van der Waals surface area contributed by atoms with Crippen LogP contribution >= 0.6 is 0 Å². The van der Waals surface area contributed by atoms with E-state index in [0.29, 0.717) is 6.07 Å². The minimum absolute atomic E-state index is 0.271. The molecule has 0 aliphatic rings. The Morgan fingerprint density at radius 3 is 1.58 bits per heavy atom. The normalized spacial score (nSPS) is 12.7. The predicted octanol–water partition coefficient (Wildman–Crippen LogP) is 4.62. The van der Waals surface area contributed by atoms with Crippen LogP contribution < -0.4 is 0 Å². The summed E-state index contributed by atoms with van der Waals surface area (Å²) in [6.07, 6.45) is -4.65. The van der Waals surface area contributed by atoms with Gasteiger partial charge in [0.2, 0.25) is 0 Å². The average Bonchev–Trinajstić information content (AvgIpc) is 2.32. The van der Waals surface area contributed by atoms with E-state index in [1.165, 1.54) is 0 Å². The highest BCUT2D eigenvalue weighted by Crippen LogP contribution is 2.31. The highest BCUT2D eigenvalue weighted by Gasteiger charge is 2.34. The first-order chi connectivity index (χ1) is 10.6. The van der Waals surface area contributed by atoms with Gasteiger partial charge >= 0.3 is 18.1 Å². The molecule has 0 fully saturated rings. The third-order valence-corrected chi connectivity index (χ3v) is 2.58. The van der Waals surface area contributed by atoms with Crippen molar-refractivity contribution < 1.29 is 32.2 Å². The van der Waals surface area contributed by atoms with Crippen LogP contribution in [0.3, 0.4) is 0 Å². The predicted molar refractivity (Wildman–Crippen MR) is 81.8 cm³/mol. The molecule has 0 radical (unpaired) electrons. The summed E-state index contributed by atoms with van der Waals surface area (Å²) in [4.78, 5) is 24.4. The van der Waals surface area contributed by atoms with Gasteiger partial charge in [0, 0.05) is 0 Å². The quantitative estimate of drug-likeness (QED) is 0.734. The van der Waals surface area contributed by atoms with Crippen LogP contribution in [0.5, 0.6) is 0 Å². The van der Waals surface area contributed by atoms with Crippen LogP contribution in [0.4, 0.5) is 13.2 Å². The van der Waals surface area contributed by atoms with E-state index in [1.54, 1.807) is 41.5 Å². The van der Waals surface area contributed by atoms with Crippen molar-refractivity contribution in [1.82, 2.24) is 0 Å². The number of rotatable bonds is 2. The average molecular weight is 346 g/mol. The van der Waals surface area contributed by atoms with E-state index in [-0.39, 0.29) is 5.56 Å². The van der Waals surface area contributed by atoms with E-state index in [2.05, 4.69) is 0 Å². The zero-order valence-electron chi connectivity index (χ0n) is 14.5. The van der Waals surface area contributed by atoms with Gasteiger partial charge in [-0.15, -0.1) is 0 Å². The fourth-order valence-electron chi connectivity index (χ4n) is 1.73. The molecule has 134 valence electrons. The Balaban J connectivity index is 3.38. The molecule has 1 aromatic rings. The Kier molecular flexibility index (Phi) is 5.38. The van der Waals surface area contributed by atoms with Crippen molar-refractivity contribution in [2.24, 2.45) is 0 Å². The van der Waals surface area contributed by atoms with Gasteiger partial charge in [0.05, 0.1) is 16.7 Å². The Morgan fingerprint density at radius 1 is 0.792 bits per heavy atom. The zero-order chi connectivity index (χ0) is 18.9. The molecule has 0 amide bonds. The van der Waals surface area contributed by atoms with Gasteiger partial charge in [0.25, 0.3) is 0 Å². The highest BCUT2D eigenvalue weighted by molar-refractivity contribution is 6.03. The van der Waals surface area contributed by atoms with Crippen LogP contribution in [-0.2, 0) is 15.7 Å². The van der Waals surface area contributed by atoms with Gasteiger partial charge in [0.15, 0.2) is 0 Å². The molecule has 0 heterocycles. The van der Waals surface area contributed by atoms with Crippen LogP contribution in [0.25, 0.3) is 0 Å². The number of hydrogen-bond donors (Lipinski definition) is 0. The molecular weight excluding hydrogens is 325 g/mol. The largest absolute Gasteiger partial charge is 0.456 e. The molecule has 0 bridgehead atoms. The minimum Gasteiger partial charge on any atom is -0.456 e. The molecular formula is C17H21F3O4. The Bertz CT molecular complexity index is 635. The monoisotopic (exact) mass is 346 g/mol. The Labute approximate surface area is 138 Å². The number of benzene rings is 1. The van der Waals surface area contributed by atoms with E-state index in [0.717, 1.165) is 12.1 Å². The lowest BCUT2D eigenvalue weighted by atomic mass is 10.0. The van der Waals surface area contributed by atoms with Crippen molar-refractivity contribution in [3.8, 4) is 0 Å². The van der Waals surface area contributed by atoms with Crippen molar-refractivity contribution in [2.45, 2.75) is 58.9 Å². The highest BCUT2D eigenvalue weighted by atomic mass is 19.4. The summed E-state index contributed by atoms with van der Waals surface area (Å²) in [6, 6.07) is 2.26. The van der Waals surface area contributed by atoms with E-state index in [9.17, 15) is 22.8 Å². The smallest absolute Gasteiger partial charge is 0.416 e. The van der Waals surface area contributed by atoms with Gasteiger partial charge in [-0.3, -0.25) is 0 Å². The first kappa shape index (κ1) is 20.0. The number of carbonyl (C=O) groups excluding carboxylic acids is 2. The molecule has 0 atom stereocenters. The van der Waals surface area contributed by atoms with Gasteiger partial charge < -0.3 is 9.47 Å². The molecule has 0 unspecified atom stereocenters. The molecule has 0 N–H and O–H groups in total. The van der Waals surface area contributed by atoms with Gasteiger partial charge in [-0.05, 0) is 59.7 Å². The SMILES string of the molecule is CC(C)(C)OC(=O)c1ccc(C(F)(F)F)cc1C(=O)OC(C)(C)C. The Morgan fingerprint density at radius 2 is 1.21 bits per heavy atom. The summed E-state index contributed by atoms with van der Waals surface area (Å²) < 4.78 is 49.0. The van der Waals surface area contributed by atoms with Crippen LogP contribution in [0, 0.1) is 0 Å². The summed E-state index contributed by atoms with van der Waals surface area (Å²) in [5.41, 5.74) is -3.57. The molecule has 24 heavy (non-hydrogen) atoms. The van der Waals surface area contributed by atoms with Gasteiger partial charge in [0.1, 0.15) is 11.2 Å². The topological polar surface area (TPSA) is 52.6 Å². The second kappa shape index (κ2) is 6.45. The fraction of sp³-hybridized carbons (Fsp3) is 0.529. The second-order valence-corrected chi connectivity index (χ2v) is 7.26. The van der Waals surface area contributed by atoms with Crippen LogP contribution in [0.1, 0.15) is 67.8 Å². The lowest BCUT2D eigenvalue weighted by Gasteiger charge is -2.23. The van der Waals surface area contributed by atoms with Crippen molar-refractivity contribution in [1.29, 1.82) is 0 Å². The van der Waals surface area contributed by atoms with E-state index in [1.807, 2.05) is 0 Å². The summed E-state index contributed by atoms with van der Waals surface area (Å²) in [5.74, 6) is -1.91. The summed E-state index contributed by atoms with van der Waals surface area (Å²) in [5, 5.41) is 0. The van der Waals surface area contributed by atoms with Crippen molar-refractivity contribution in [2.75, 3.05) is 0 Å². The lowest BCUT2D eigenvalue weighted by Crippen LogP contribution is -2.28. The van der Waals surface area contributed by atoms with Gasteiger partial charge in [-0.1, -0.05) is 0 Å². The van der Waals surface area contributed by atoms with Crippen molar-refractivity contribution in [3.05, 3.63) is 34.9 Å². The van der Waals surface area contributed by atoms with Crippen molar-refractivity contribution >= 4 is 11.9 Å². The van der Waals surface area contributed by atoms with Crippen LogP contribution in [0.2, 0.25) is 0 Å². The second-order valence-electron chi connectivity index (χ2n) is 7.26. The number of ether oxygens (including phenoxy) is 2. The molecule has 7 heteroatoms. The Hall–Kier alpha value is -2.05. The lowest BCUT2D eigenvalue weighted by molar-refractivity contribution is -0.137. The van der Waals surface area contributed by atoms with Gasteiger partial charge in [-0.2, -0.15) is 13.2 Å². The standard InChI is InChI=1S/C17H21F3O4/c1-15(2,3)23-13(21)11-8-7-10(17(18,19)20)9-12(11)14(22)24-16(4,5)6/h7-9H,1-6H3. The molecule has 0 saturated heterocycles. The first-order valence-electron chi connectivity index (χ1n) is 7.28. The fourth-order valence-corrected chi connectivity index (χ4v) is 1.73. The van der Waals surface area contributed by atoms with E-state index in [4.69, 9.17) is 9.47 Å². The van der Waals surface area contributed by atoms with Crippen LogP contribution in [0.15, 0.2) is 18.2 Å². The van der Waals surface area contributed by atoms with E-state index >= 15 is 0 Å². The minimum atomic E-state index is -4.65. The first-order valence-corrected chi connectivity index (χ1v) is 7.28. The third kappa shape index (κ3) is 5.86. The summed E-state index contributed by atoms with van der Waals surface area (Å²) >= 11 is 0. The molecule has 0 saturated carbocycles. The summed E-state index contributed by atoms with van der Waals surface area (Å²) in [6.45, 7) is 9.56. The number of esters is 2. The van der Waals surface area contributed by atoms with Crippen molar-refractivity contribution in [3.63, 3.8) is 0 Å². The molecule has 1 rings (SSSR count). The summed E-state index contributed by atoms with van der Waals surface area (Å²) in [7, 11) is 0. The number of carbonyl (C=O) groups is 2. The zero-order valence-corrected chi connectivity index (χ0v) is 14.5. The molecule has 0 spiro atoms.